The molecule has 0 fully saturated rings. The first-order valence-electron chi connectivity index (χ1n) is 4.71. The van der Waals surface area contributed by atoms with Gasteiger partial charge in [-0.15, -0.1) is 0 Å². The molecule has 0 aliphatic carbocycles. The minimum Gasteiger partial charge on any atom is -0.383 e. The summed E-state index contributed by atoms with van der Waals surface area (Å²) in [6.45, 7) is 0.404. The summed E-state index contributed by atoms with van der Waals surface area (Å²) in [5.41, 5.74) is 7.42. The Morgan fingerprint density at radius 2 is 2.12 bits per heavy atom. The van der Waals surface area contributed by atoms with E-state index in [-0.39, 0.29) is 6.04 Å². The second-order valence-electron chi connectivity index (χ2n) is 3.47. The van der Waals surface area contributed by atoms with Crippen LogP contribution in [0.5, 0.6) is 0 Å². The molecule has 0 spiro atoms. The van der Waals surface area contributed by atoms with Crippen LogP contribution in [-0.4, -0.2) is 23.7 Å². The van der Waals surface area contributed by atoms with E-state index in [1.54, 1.807) is 19.2 Å². The molecule has 4 nitrogen and oxygen atoms in total. The first kappa shape index (κ1) is 11.7. The molecule has 86 valence electrons. The smallest absolute Gasteiger partial charge is 0.126 e. The fraction of sp³-hybridized carbons (Fsp3) is 0.300. The molecule has 0 aliphatic heterocycles. The first-order valence-corrected chi connectivity index (χ1v) is 5.46. The number of rotatable bonds is 3. The molecule has 1 heterocycles. The second-order valence-corrected chi connectivity index (χ2v) is 4.28. The molecule has 2 rings (SSSR count). The molecule has 6 heteroatoms. The molecule has 0 bridgehead atoms. The van der Waals surface area contributed by atoms with Crippen molar-refractivity contribution in [3.63, 3.8) is 0 Å². The first-order chi connectivity index (χ1) is 7.61. The van der Waals surface area contributed by atoms with Crippen LogP contribution in [0.15, 0.2) is 12.1 Å². The van der Waals surface area contributed by atoms with E-state index >= 15 is 0 Å². The number of imidazole rings is 1. The van der Waals surface area contributed by atoms with Gasteiger partial charge >= 0.3 is 0 Å². The van der Waals surface area contributed by atoms with E-state index in [4.69, 9.17) is 33.7 Å². The van der Waals surface area contributed by atoms with E-state index in [1.807, 2.05) is 0 Å². The van der Waals surface area contributed by atoms with Gasteiger partial charge < -0.3 is 15.5 Å². The Kier molecular flexibility index (Phi) is 3.35. The summed E-state index contributed by atoms with van der Waals surface area (Å²) >= 11 is 11.8. The van der Waals surface area contributed by atoms with Gasteiger partial charge in [-0.2, -0.15) is 0 Å². The summed E-state index contributed by atoms with van der Waals surface area (Å²) in [5.74, 6) is 0.662. The van der Waals surface area contributed by atoms with Gasteiger partial charge in [0, 0.05) is 7.11 Å². The number of nitrogens with one attached hydrogen (secondary N) is 1. The number of methoxy groups -OCH3 is 1. The highest BCUT2D eigenvalue weighted by atomic mass is 35.5. The number of hydrogen-bond acceptors (Lipinski definition) is 3. The standard InChI is InChI=1S/C10H11Cl2N3O/c1-16-4-7(13)10-14-8-2-5(11)6(12)3-9(8)15-10/h2-3,7H,4,13H2,1H3,(H,14,15). The molecule has 16 heavy (non-hydrogen) atoms. The van der Waals surface area contributed by atoms with Gasteiger partial charge in [0.05, 0.1) is 33.7 Å². The van der Waals surface area contributed by atoms with Crippen molar-refractivity contribution >= 4 is 34.2 Å². The summed E-state index contributed by atoms with van der Waals surface area (Å²) in [4.78, 5) is 7.42. The van der Waals surface area contributed by atoms with Crippen molar-refractivity contribution in [2.75, 3.05) is 13.7 Å². The van der Waals surface area contributed by atoms with Gasteiger partial charge in [-0.05, 0) is 12.1 Å². The number of ether oxygens (including phenoxy) is 1. The number of H-pyrrole nitrogens is 1. The SMILES string of the molecule is COCC(N)c1nc2cc(Cl)c(Cl)cc2[nH]1. The van der Waals surface area contributed by atoms with Crippen LogP contribution in [0.1, 0.15) is 11.9 Å². The van der Waals surface area contributed by atoms with Crippen LogP contribution in [-0.2, 0) is 4.74 Å². The fourth-order valence-electron chi connectivity index (χ4n) is 1.46. The van der Waals surface area contributed by atoms with Crippen molar-refractivity contribution in [1.29, 1.82) is 0 Å². The molecule has 0 saturated carbocycles. The number of hydrogen-bond donors (Lipinski definition) is 2. The van der Waals surface area contributed by atoms with Crippen LogP contribution in [0, 0.1) is 0 Å². The predicted octanol–water partition coefficient (Wildman–Crippen LogP) is 2.52. The summed E-state index contributed by atoms with van der Waals surface area (Å²) in [6, 6.07) is 3.16. The Morgan fingerprint density at radius 3 is 2.81 bits per heavy atom. The number of fused-ring (bicyclic) bond motifs is 1. The van der Waals surface area contributed by atoms with E-state index in [9.17, 15) is 0 Å². The third-order valence-corrected chi connectivity index (χ3v) is 2.96. The second kappa shape index (κ2) is 4.59. The lowest BCUT2D eigenvalue weighted by molar-refractivity contribution is 0.178. The van der Waals surface area contributed by atoms with Gasteiger partial charge in [-0.25, -0.2) is 4.98 Å². The number of nitrogens with zero attached hydrogens (tertiary/aromatic N) is 1. The maximum absolute atomic E-state index is 5.90. The molecule has 1 aromatic heterocycles. The molecule has 1 unspecified atom stereocenters. The average Bonchev–Trinajstić information content (AvgIpc) is 2.62. The number of nitrogens with two attached hydrogens (primary N) is 1. The largest absolute Gasteiger partial charge is 0.383 e. The third kappa shape index (κ3) is 2.15. The molecule has 3 N–H and O–H groups in total. The Bertz CT molecular complexity index is 473. The predicted molar refractivity (Wildman–Crippen MR) is 64.9 cm³/mol. The minimum atomic E-state index is -0.282. The van der Waals surface area contributed by atoms with Crippen LogP contribution >= 0.6 is 23.2 Å². The average molecular weight is 260 g/mol. The summed E-state index contributed by atoms with van der Waals surface area (Å²) in [7, 11) is 1.59. The highest BCUT2D eigenvalue weighted by molar-refractivity contribution is 6.42. The maximum Gasteiger partial charge on any atom is 0.126 e. The van der Waals surface area contributed by atoms with Crippen molar-refractivity contribution in [3.05, 3.63) is 28.0 Å². The highest BCUT2D eigenvalue weighted by Crippen LogP contribution is 2.27. The molecular formula is C10H11Cl2N3O. The van der Waals surface area contributed by atoms with Crippen molar-refractivity contribution in [1.82, 2.24) is 9.97 Å². The van der Waals surface area contributed by atoms with Gasteiger partial charge in [-0.1, -0.05) is 23.2 Å². The normalized spacial score (nSPS) is 13.2. The molecule has 0 saturated heterocycles. The Hall–Kier alpha value is -0.810. The van der Waals surface area contributed by atoms with Crippen LogP contribution in [0.2, 0.25) is 10.0 Å². The number of benzene rings is 1. The van der Waals surface area contributed by atoms with E-state index in [0.717, 1.165) is 11.0 Å². The van der Waals surface area contributed by atoms with E-state index < -0.39 is 0 Å². The molecule has 1 atom stereocenters. The van der Waals surface area contributed by atoms with Crippen molar-refractivity contribution in [2.45, 2.75) is 6.04 Å². The lowest BCUT2D eigenvalue weighted by Gasteiger charge is -2.05. The molecular weight excluding hydrogens is 249 g/mol. The third-order valence-electron chi connectivity index (χ3n) is 2.24. The maximum atomic E-state index is 5.90. The lowest BCUT2D eigenvalue weighted by atomic mass is 10.3. The summed E-state index contributed by atoms with van der Waals surface area (Å²) in [5, 5.41) is 0.970. The fourth-order valence-corrected chi connectivity index (χ4v) is 1.78. The van der Waals surface area contributed by atoms with Gasteiger partial charge in [0.15, 0.2) is 0 Å². The summed E-state index contributed by atoms with van der Waals surface area (Å²) < 4.78 is 4.96. The van der Waals surface area contributed by atoms with E-state index in [0.29, 0.717) is 22.5 Å². The van der Waals surface area contributed by atoms with Crippen LogP contribution in [0.3, 0.4) is 0 Å². The molecule has 2 aromatic rings. The quantitative estimate of drug-likeness (QED) is 0.891. The van der Waals surface area contributed by atoms with Gasteiger partial charge in [0.25, 0.3) is 0 Å². The Labute approximate surface area is 103 Å². The number of aromatic nitrogens is 2. The zero-order valence-electron chi connectivity index (χ0n) is 8.63. The molecule has 0 amide bonds. The van der Waals surface area contributed by atoms with E-state index in [2.05, 4.69) is 9.97 Å². The zero-order chi connectivity index (χ0) is 11.7. The van der Waals surface area contributed by atoms with Gasteiger partial charge in [0.1, 0.15) is 5.82 Å². The monoisotopic (exact) mass is 259 g/mol. The van der Waals surface area contributed by atoms with Crippen molar-refractivity contribution < 1.29 is 4.74 Å². The summed E-state index contributed by atoms with van der Waals surface area (Å²) in [6.07, 6.45) is 0. The van der Waals surface area contributed by atoms with E-state index in [1.165, 1.54) is 0 Å². The van der Waals surface area contributed by atoms with Gasteiger partial charge in [0.2, 0.25) is 0 Å². The minimum absolute atomic E-state index is 0.282. The Morgan fingerprint density at radius 1 is 1.44 bits per heavy atom. The number of aromatic amines is 1. The Balaban J connectivity index is 2.43. The lowest BCUT2D eigenvalue weighted by Crippen LogP contribution is -2.17. The van der Waals surface area contributed by atoms with Crippen LogP contribution in [0.4, 0.5) is 0 Å². The van der Waals surface area contributed by atoms with Crippen molar-refractivity contribution in [2.24, 2.45) is 5.73 Å². The topological polar surface area (TPSA) is 63.9 Å². The molecule has 0 aliphatic rings. The van der Waals surface area contributed by atoms with Gasteiger partial charge in [-0.3, -0.25) is 0 Å². The zero-order valence-corrected chi connectivity index (χ0v) is 10.1. The van der Waals surface area contributed by atoms with Crippen LogP contribution < -0.4 is 5.73 Å². The molecule has 0 radical (unpaired) electrons. The molecule has 1 aromatic carbocycles. The number of halogens is 2. The van der Waals surface area contributed by atoms with Crippen LogP contribution in [0.25, 0.3) is 11.0 Å². The van der Waals surface area contributed by atoms with Crippen molar-refractivity contribution in [3.8, 4) is 0 Å². The highest BCUT2D eigenvalue weighted by Gasteiger charge is 2.12.